The van der Waals surface area contributed by atoms with Crippen LogP contribution in [0.4, 0.5) is 0 Å². The summed E-state index contributed by atoms with van der Waals surface area (Å²) in [5, 5.41) is 3.06. The van der Waals surface area contributed by atoms with Crippen molar-refractivity contribution in [3.05, 3.63) is 35.4 Å². The van der Waals surface area contributed by atoms with Crippen LogP contribution in [0.25, 0.3) is 0 Å². The minimum absolute atomic E-state index is 0.309. The summed E-state index contributed by atoms with van der Waals surface area (Å²) < 4.78 is 5.13. The number of carbonyl (C=O) groups is 1. The van der Waals surface area contributed by atoms with E-state index in [1.54, 1.807) is 13.8 Å². The number of esters is 1. The van der Waals surface area contributed by atoms with Gasteiger partial charge in [0.05, 0.1) is 13.2 Å². The number of benzene rings is 1. The molecule has 0 aliphatic rings. The summed E-state index contributed by atoms with van der Waals surface area (Å²) in [6.45, 7) is 6.21. The van der Waals surface area contributed by atoms with E-state index in [2.05, 4.69) is 11.2 Å². The Balaban J connectivity index is 3.11. The molecule has 18 heavy (non-hydrogen) atoms. The maximum absolute atomic E-state index is 12.1. The zero-order valence-electron chi connectivity index (χ0n) is 11.1. The molecular weight excluding hydrogens is 226 g/mol. The third-order valence-electron chi connectivity index (χ3n) is 2.82. The molecule has 0 aliphatic heterocycles. The van der Waals surface area contributed by atoms with Gasteiger partial charge in [-0.1, -0.05) is 35.7 Å². The molecule has 3 nitrogen and oxygen atoms in total. The SMILES string of the molecule is C#CCNC(C)(C(=O)OCC)c1cccc(C)c1. The normalized spacial score (nSPS) is 13.4. The summed E-state index contributed by atoms with van der Waals surface area (Å²) in [5.74, 6) is 2.17. The van der Waals surface area contributed by atoms with Crippen molar-refractivity contribution >= 4 is 5.97 Å². The number of hydrogen-bond acceptors (Lipinski definition) is 3. The quantitative estimate of drug-likeness (QED) is 0.637. The maximum atomic E-state index is 12.1. The number of ether oxygens (including phenoxy) is 1. The number of carbonyl (C=O) groups excluding carboxylic acids is 1. The summed E-state index contributed by atoms with van der Waals surface area (Å²) in [6.07, 6.45) is 5.25. The monoisotopic (exact) mass is 245 g/mol. The highest BCUT2D eigenvalue weighted by atomic mass is 16.5. The Morgan fingerprint density at radius 2 is 2.28 bits per heavy atom. The predicted octanol–water partition coefficient (Wildman–Crippen LogP) is 2.00. The van der Waals surface area contributed by atoms with Crippen LogP contribution in [-0.4, -0.2) is 19.1 Å². The van der Waals surface area contributed by atoms with Crippen molar-refractivity contribution in [2.24, 2.45) is 0 Å². The average Bonchev–Trinajstić information content (AvgIpc) is 2.36. The van der Waals surface area contributed by atoms with Gasteiger partial charge in [-0.15, -0.1) is 6.42 Å². The van der Waals surface area contributed by atoms with Gasteiger partial charge in [-0.05, 0) is 26.3 Å². The Kier molecular flexibility index (Phi) is 4.94. The van der Waals surface area contributed by atoms with Gasteiger partial charge < -0.3 is 4.74 Å². The molecule has 0 saturated heterocycles. The first-order chi connectivity index (χ1) is 8.54. The van der Waals surface area contributed by atoms with Crippen LogP contribution in [0.1, 0.15) is 25.0 Å². The molecule has 1 aromatic rings. The van der Waals surface area contributed by atoms with E-state index in [0.717, 1.165) is 11.1 Å². The van der Waals surface area contributed by atoms with Crippen LogP contribution in [0.15, 0.2) is 24.3 Å². The summed E-state index contributed by atoms with van der Waals surface area (Å²) >= 11 is 0. The Labute approximate surface area is 109 Å². The van der Waals surface area contributed by atoms with Crippen LogP contribution in [0.3, 0.4) is 0 Å². The number of rotatable bonds is 5. The smallest absolute Gasteiger partial charge is 0.330 e. The lowest BCUT2D eigenvalue weighted by Gasteiger charge is -2.28. The lowest BCUT2D eigenvalue weighted by atomic mass is 9.91. The maximum Gasteiger partial charge on any atom is 0.330 e. The topological polar surface area (TPSA) is 38.3 Å². The Morgan fingerprint density at radius 1 is 1.56 bits per heavy atom. The van der Waals surface area contributed by atoms with Crippen molar-refractivity contribution in [1.29, 1.82) is 0 Å². The molecule has 0 bridgehead atoms. The van der Waals surface area contributed by atoms with Gasteiger partial charge in [-0.2, -0.15) is 0 Å². The Bertz CT molecular complexity index is 462. The third kappa shape index (κ3) is 3.12. The van der Waals surface area contributed by atoms with E-state index < -0.39 is 5.54 Å². The molecule has 0 radical (unpaired) electrons. The number of hydrogen-bond donors (Lipinski definition) is 1. The Morgan fingerprint density at radius 3 is 2.83 bits per heavy atom. The van der Waals surface area contributed by atoms with Crippen LogP contribution in [-0.2, 0) is 15.1 Å². The van der Waals surface area contributed by atoms with Crippen molar-refractivity contribution in [2.75, 3.05) is 13.2 Å². The molecule has 96 valence electrons. The zero-order chi connectivity index (χ0) is 13.6. The molecule has 0 amide bonds. The van der Waals surface area contributed by atoms with Gasteiger partial charge in [0.1, 0.15) is 5.54 Å². The first kappa shape index (κ1) is 14.3. The van der Waals surface area contributed by atoms with Crippen molar-refractivity contribution in [3.63, 3.8) is 0 Å². The van der Waals surface area contributed by atoms with E-state index in [9.17, 15) is 4.79 Å². The molecule has 3 heteroatoms. The van der Waals surface area contributed by atoms with Gasteiger partial charge in [0.15, 0.2) is 0 Å². The van der Waals surface area contributed by atoms with Crippen molar-refractivity contribution in [2.45, 2.75) is 26.3 Å². The summed E-state index contributed by atoms with van der Waals surface area (Å²) in [6, 6.07) is 7.75. The number of nitrogens with one attached hydrogen (secondary N) is 1. The van der Waals surface area contributed by atoms with E-state index in [4.69, 9.17) is 11.2 Å². The lowest BCUT2D eigenvalue weighted by Crippen LogP contribution is -2.48. The molecule has 0 spiro atoms. The molecule has 0 heterocycles. The molecule has 1 rings (SSSR count). The number of aryl methyl sites for hydroxylation is 1. The zero-order valence-corrected chi connectivity index (χ0v) is 11.1. The minimum atomic E-state index is -0.908. The molecule has 0 aliphatic carbocycles. The molecule has 0 fully saturated rings. The van der Waals surface area contributed by atoms with E-state index in [1.165, 1.54) is 0 Å². The molecule has 1 atom stereocenters. The fourth-order valence-corrected chi connectivity index (χ4v) is 1.75. The van der Waals surface area contributed by atoms with Crippen LogP contribution in [0.2, 0.25) is 0 Å². The first-order valence-corrected chi connectivity index (χ1v) is 5.97. The number of terminal acetylenes is 1. The average molecular weight is 245 g/mol. The summed E-state index contributed by atoms with van der Waals surface area (Å²) in [5.41, 5.74) is 1.04. The van der Waals surface area contributed by atoms with E-state index in [1.807, 2.05) is 31.2 Å². The molecule has 0 aromatic heterocycles. The molecule has 1 N–H and O–H groups in total. The van der Waals surface area contributed by atoms with E-state index in [-0.39, 0.29) is 5.97 Å². The fraction of sp³-hybridized carbons (Fsp3) is 0.400. The predicted molar refractivity (Wildman–Crippen MR) is 72.0 cm³/mol. The fourth-order valence-electron chi connectivity index (χ4n) is 1.75. The first-order valence-electron chi connectivity index (χ1n) is 5.97. The Hall–Kier alpha value is -1.79. The highest BCUT2D eigenvalue weighted by molar-refractivity contribution is 5.82. The minimum Gasteiger partial charge on any atom is -0.464 e. The summed E-state index contributed by atoms with van der Waals surface area (Å²) in [4.78, 5) is 12.1. The van der Waals surface area contributed by atoms with Gasteiger partial charge >= 0.3 is 5.97 Å². The lowest BCUT2D eigenvalue weighted by molar-refractivity contribution is -0.150. The largest absolute Gasteiger partial charge is 0.464 e. The highest BCUT2D eigenvalue weighted by Crippen LogP contribution is 2.23. The van der Waals surface area contributed by atoms with Gasteiger partial charge in [0.2, 0.25) is 0 Å². The second-order valence-corrected chi connectivity index (χ2v) is 4.27. The van der Waals surface area contributed by atoms with Crippen LogP contribution >= 0.6 is 0 Å². The van der Waals surface area contributed by atoms with Crippen molar-refractivity contribution < 1.29 is 9.53 Å². The van der Waals surface area contributed by atoms with E-state index in [0.29, 0.717) is 13.2 Å². The van der Waals surface area contributed by atoms with Gasteiger partial charge in [-0.3, -0.25) is 5.32 Å². The molecule has 1 aromatic carbocycles. The van der Waals surface area contributed by atoms with Crippen molar-refractivity contribution in [1.82, 2.24) is 5.32 Å². The third-order valence-corrected chi connectivity index (χ3v) is 2.82. The standard InChI is InChI=1S/C15H19NO2/c1-5-10-16-15(4,14(17)18-6-2)13-9-7-8-12(3)11-13/h1,7-9,11,16H,6,10H2,2-4H3. The van der Waals surface area contributed by atoms with Gasteiger partial charge in [0.25, 0.3) is 0 Å². The summed E-state index contributed by atoms with van der Waals surface area (Å²) in [7, 11) is 0. The molecule has 0 saturated carbocycles. The van der Waals surface area contributed by atoms with Crippen LogP contribution < -0.4 is 5.32 Å². The second-order valence-electron chi connectivity index (χ2n) is 4.27. The van der Waals surface area contributed by atoms with Gasteiger partial charge in [-0.25, -0.2) is 4.79 Å². The van der Waals surface area contributed by atoms with Gasteiger partial charge in [0, 0.05) is 0 Å². The van der Waals surface area contributed by atoms with Crippen LogP contribution in [0, 0.1) is 19.3 Å². The second kappa shape index (κ2) is 6.23. The molecular formula is C15H19NO2. The molecule has 1 unspecified atom stereocenters. The highest BCUT2D eigenvalue weighted by Gasteiger charge is 2.36. The van der Waals surface area contributed by atoms with Crippen LogP contribution in [0.5, 0.6) is 0 Å². The van der Waals surface area contributed by atoms with Crippen molar-refractivity contribution in [3.8, 4) is 12.3 Å². The van der Waals surface area contributed by atoms with E-state index >= 15 is 0 Å².